The second kappa shape index (κ2) is 7.85. The molecular formula is C15H24N2O4. The molecule has 1 unspecified atom stereocenters. The summed E-state index contributed by atoms with van der Waals surface area (Å²) < 4.78 is 10.6. The van der Waals surface area contributed by atoms with Crippen LogP contribution in [0.2, 0.25) is 0 Å². The quantitative estimate of drug-likeness (QED) is 0.656. The van der Waals surface area contributed by atoms with Crippen molar-refractivity contribution >= 4 is 5.91 Å². The van der Waals surface area contributed by atoms with Crippen LogP contribution in [0.5, 0.6) is 11.5 Å². The van der Waals surface area contributed by atoms with Crippen LogP contribution in [0.25, 0.3) is 0 Å². The van der Waals surface area contributed by atoms with Crippen molar-refractivity contribution in [3.05, 3.63) is 24.3 Å². The standard InChI is InChI=1S/C15H24N2O4/c1-15(2,3)17-8-11(18)9-20-12-4-6-13(7-5-12)21-10-14(16)19/h4-7,11,17-18H,8-10H2,1-3H3,(H2,16,19). The molecule has 21 heavy (non-hydrogen) atoms. The number of aliphatic hydroxyl groups is 1. The minimum absolute atomic E-state index is 0.0413. The largest absolute Gasteiger partial charge is 0.491 e. The Morgan fingerprint density at radius 3 is 2.24 bits per heavy atom. The number of β-amino-alcohol motifs (C(OH)–C–C–N with tert-alkyl or cyclic N) is 1. The molecule has 0 aliphatic carbocycles. The summed E-state index contributed by atoms with van der Waals surface area (Å²) in [5.41, 5.74) is 4.95. The second-order valence-corrected chi connectivity index (χ2v) is 5.82. The Balaban J connectivity index is 2.33. The molecule has 4 N–H and O–H groups in total. The van der Waals surface area contributed by atoms with E-state index in [0.717, 1.165) is 0 Å². The van der Waals surface area contributed by atoms with Crippen molar-refractivity contribution in [2.24, 2.45) is 5.73 Å². The number of aliphatic hydroxyl groups excluding tert-OH is 1. The highest BCUT2D eigenvalue weighted by Gasteiger charge is 2.12. The Hall–Kier alpha value is -1.79. The lowest BCUT2D eigenvalue weighted by atomic mass is 10.1. The highest BCUT2D eigenvalue weighted by Crippen LogP contribution is 2.17. The van der Waals surface area contributed by atoms with Crippen molar-refractivity contribution < 1.29 is 19.4 Å². The second-order valence-electron chi connectivity index (χ2n) is 5.82. The molecule has 0 radical (unpaired) electrons. The maximum Gasteiger partial charge on any atom is 0.255 e. The van der Waals surface area contributed by atoms with E-state index in [0.29, 0.717) is 18.0 Å². The predicted octanol–water partition coefficient (Wildman–Crippen LogP) is 0.679. The summed E-state index contributed by atoms with van der Waals surface area (Å²) in [5, 5.41) is 13.0. The Labute approximate surface area is 125 Å². The molecule has 0 aliphatic rings. The van der Waals surface area contributed by atoms with Crippen LogP contribution in [0.3, 0.4) is 0 Å². The molecule has 1 aromatic rings. The molecule has 0 aliphatic heterocycles. The normalized spacial score (nSPS) is 12.8. The van der Waals surface area contributed by atoms with Gasteiger partial charge in [0.05, 0.1) is 0 Å². The van der Waals surface area contributed by atoms with Gasteiger partial charge in [-0.05, 0) is 45.0 Å². The van der Waals surface area contributed by atoms with Gasteiger partial charge in [-0.15, -0.1) is 0 Å². The SMILES string of the molecule is CC(C)(C)NCC(O)COc1ccc(OCC(N)=O)cc1. The molecule has 6 nitrogen and oxygen atoms in total. The van der Waals surface area contributed by atoms with Gasteiger partial charge in [0.2, 0.25) is 0 Å². The van der Waals surface area contributed by atoms with Gasteiger partial charge in [-0.2, -0.15) is 0 Å². The number of hydrogen-bond acceptors (Lipinski definition) is 5. The number of nitrogens with two attached hydrogens (primary N) is 1. The van der Waals surface area contributed by atoms with Gasteiger partial charge in [-0.1, -0.05) is 0 Å². The first-order valence-electron chi connectivity index (χ1n) is 6.83. The van der Waals surface area contributed by atoms with Gasteiger partial charge in [0, 0.05) is 12.1 Å². The first-order valence-corrected chi connectivity index (χ1v) is 6.83. The molecular weight excluding hydrogens is 272 g/mol. The zero-order valence-electron chi connectivity index (χ0n) is 12.8. The average molecular weight is 296 g/mol. The summed E-state index contributed by atoms with van der Waals surface area (Å²) in [7, 11) is 0. The molecule has 0 bridgehead atoms. The zero-order chi connectivity index (χ0) is 15.9. The number of primary amides is 1. The minimum Gasteiger partial charge on any atom is -0.491 e. The Morgan fingerprint density at radius 1 is 1.24 bits per heavy atom. The van der Waals surface area contributed by atoms with Crippen molar-refractivity contribution in [2.75, 3.05) is 19.8 Å². The van der Waals surface area contributed by atoms with Crippen molar-refractivity contribution in [1.29, 1.82) is 0 Å². The van der Waals surface area contributed by atoms with Crippen LogP contribution in [0, 0.1) is 0 Å². The van der Waals surface area contributed by atoms with Gasteiger partial charge in [-0.3, -0.25) is 4.79 Å². The molecule has 0 fully saturated rings. The van der Waals surface area contributed by atoms with Crippen LogP contribution in [0.4, 0.5) is 0 Å². The Kier molecular flexibility index (Phi) is 6.45. The number of carbonyl (C=O) groups is 1. The molecule has 0 aromatic heterocycles. The van der Waals surface area contributed by atoms with Crippen LogP contribution in [-0.2, 0) is 4.79 Å². The molecule has 0 saturated heterocycles. The number of ether oxygens (including phenoxy) is 2. The summed E-state index contributed by atoms with van der Waals surface area (Å²) in [6, 6.07) is 6.77. The van der Waals surface area contributed by atoms with Gasteiger partial charge < -0.3 is 25.6 Å². The number of benzene rings is 1. The number of rotatable bonds is 8. The lowest BCUT2D eigenvalue weighted by Crippen LogP contribution is -2.42. The maximum atomic E-state index is 10.6. The van der Waals surface area contributed by atoms with Gasteiger partial charge in [0.1, 0.15) is 24.2 Å². The van der Waals surface area contributed by atoms with Crippen LogP contribution in [-0.4, -0.2) is 42.4 Å². The third-order valence-electron chi connectivity index (χ3n) is 2.52. The molecule has 1 atom stereocenters. The van der Waals surface area contributed by atoms with Gasteiger partial charge in [0.25, 0.3) is 5.91 Å². The molecule has 0 saturated carbocycles. The first-order chi connectivity index (χ1) is 9.76. The Morgan fingerprint density at radius 2 is 1.76 bits per heavy atom. The maximum absolute atomic E-state index is 10.6. The van der Waals surface area contributed by atoms with Gasteiger partial charge in [0.15, 0.2) is 6.61 Å². The Bertz CT molecular complexity index is 440. The smallest absolute Gasteiger partial charge is 0.255 e. The molecule has 1 amide bonds. The highest BCUT2D eigenvalue weighted by atomic mass is 16.5. The van der Waals surface area contributed by atoms with Crippen molar-refractivity contribution in [2.45, 2.75) is 32.4 Å². The number of hydrogen-bond donors (Lipinski definition) is 3. The van der Waals surface area contributed by atoms with Crippen molar-refractivity contribution in [3.8, 4) is 11.5 Å². The lowest BCUT2D eigenvalue weighted by molar-refractivity contribution is -0.119. The lowest BCUT2D eigenvalue weighted by Gasteiger charge is -2.22. The van der Waals surface area contributed by atoms with E-state index < -0.39 is 12.0 Å². The van der Waals surface area contributed by atoms with Gasteiger partial charge >= 0.3 is 0 Å². The summed E-state index contributed by atoms with van der Waals surface area (Å²) >= 11 is 0. The van der Waals surface area contributed by atoms with E-state index in [1.807, 2.05) is 20.8 Å². The topological polar surface area (TPSA) is 93.8 Å². The van der Waals surface area contributed by atoms with Crippen molar-refractivity contribution in [3.63, 3.8) is 0 Å². The molecule has 0 spiro atoms. The third kappa shape index (κ3) is 8.16. The fraction of sp³-hybridized carbons (Fsp3) is 0.533. The van der Waals surface area contributed by atoms with E-state index in [-0.39, 0.29) is 18.8 Å². The summed E-state index contributed by atoms with van der Waals surface area (Å²) in [6.45, 7) is 6.60. The summed E-state index contributed by atoms with van der Waals surface area (Å²) in [4.78, 5) is 10.6. The van der Waals surface area contributed by atoms with E-state index in [9.17, 15) is 9.90 Å². The molecule has 1 aromatic carbocycles. The number of nitrogens with one attached hydrogen (secondary N) is 1. The monoisotopic (exact) mass is 296 g/mol. The highest BCUT2D eigenvalue weighted by molar-refractivity contribution is 5.75. The van der Waals surface area contributed by atoms with E-state index >= 15 is 0 Å². The van der Waals surface area contributed by atoms with Crippen molar-refractivity contribution in [1.82, 2.24) is 5.32 Å². The number of carbonyl (C=O) groups excluding carboxylic acids is 1. The van der Waals surface area contributed by atoms with Crippen LogP contribution >= 0.6 is 0 Å². The fourth-order valence-electron chi connectivity index (χ4n) is 1.46. The van der Waals surface area contributed by atoms with E-state index in [1.165, 1.54) is 0 Å². The first kappa shape index (κ1) is 17.3. The number of amides is 1. The molecule has 1 rings (SSSR count). The van der Waals surface area contributed by atoms with E-state index in [1.54, 1.807) is 24.3 Å². The minimum atomic E-state index is -0.588. The van der Waals surface area contributed by atoms with Gasteiger partial charge in [-0.25, -0.2) is 0 Å². The predicted molar refractivity (Wildman–Crippen MR) is 80.4 cm³/mol. The molecule has 118 valence electrons. The summed E-state index contributed by atoms with van der Waals surface area (Å²) in [6.07, 6.45) is -0.588. The molecule has 6 heteroatoms. The van der Waals surface area contributed by atoms with E-state index in [4.69, 9.17) is 15.2 Å². The molecule has 0 heterocycles. The third-order valence-corrected chi connectivity index (χ3v) is 2.52. The van der Waals surface area contributed by atoms with E-state index in [2.05, 4.69) is 5.32 Å². The summed E-state index contributed by atoms with van der Waals surface area (Å²) in [5.74, 6) is 0.636. The van der Waals surface area contributed by atoms with Crippen LogP contribution in [0.15, 0.2) is 24.3 Å². The fourth-order valence-corrected chi connectivity index (χ4v) is 1.46. The average Bonchev–Trinajstić information content (AvgIpc) is 2.41. The zero-order valence-corrected chi connectivity index (χ0v) is 12.8. The van der Waals surface area contributed by atoms with Crippen LogP contribution < -0.4 is 20.5 Å². The van der Waals surface area contributed by atoms with Crippen LogP contribution in [0.1, 0.15) is 20.8 Å².